The lowest BCUT2D eigenvalue weighted by molar-refractivity contribution is 0.275. The van der Waals surface area contributed by atoms with Gasteiger partial charge in [0.15, 0.2) is 5.82 Å². The molecule has 6 heteroatoms. The summed E-state index contributed by atoms with van der Waals surface area (Å²) in [6.45, 7) is 0. The summed E-state index contributed by atoms with van der Waals surface area (Å²) in [5, 5.41) is 4.12. The summed E-state index contributed by atoms with van der Waals surface area (Å²) in [5.41, 5.74) is 8.49. The van der Waals surface area contributed by atoms with Gasteiger partial charge in [-0.2, -0.15) is 4.98 Å². The number of benzene rings is 1. The van der Waals surface area contributed by atoms with Gasteiger partial charge in [0.25, 0.3) is 5.89 Å². The fraction of sp³-hybridized carbons (Fsp3) is 0.375. The molecule has 4 rings (SSSR count). The van der Waals surface area contributed by atoms with Crippen molar-refractivity contribution in [3.05, 3.63) is 36.4 Å². The van der Waals surface area contributed by atoms with Gasteiger partial charge in [0, 0.05) is 18.0 Å². The molecule has 112 valence electrons. The SMILES string of the molecule is NC1(c2noc(-c3ccc4nccnc4c3)n2)CCCCC1. The molecular formula is C16H17N5O. The van der Waals surface area contributed by atoms with E-state index in [0.717, 1.165) is 42.3 Å². The Hall–Kier alpha value is -2.34. The van der Waals surface area contributed by atoms with Crippen molar-refractivity contribution in [2.75, 3.05) is 0 Å². The van der Waals surface area contributed by atoms with Gasteiger partial charge in [-0.15, -0.1) is 0 Å². The number of hydrogen-bond acceptors (Lipinski definition) is 6. The molecule has 0 radical (unpaired) electrons. The molecule has 3 aromatic rings. The number of fused-ring (bicyclic) bond motifs is 1. The first kappa shape index (κ1) is 13.3. The van der Waals surface area contributed by atoms with Crippen LogP contribution in [-0.2, 0) is 5.54 Å². The van der Waals surface area contributed by atoms with Gasteiger partial charge in [-0.25, -0.2) is 0 Å². The molecule has 0 unspecified atom stereocenters. The van der Waals surface area contributed by atoms with Crippen LogP contribution in [0.4, 0.5) is 0 Å². The van der Waals surface area contributed by atoms with Crippen LogP contribution in [0.1, 0.15) is 37.9 Å². The molecule has 2 N–H and O–H groups in total. The Bertz CT molecular complexity index is 807. The molecule has 1 saturated carbocycles. The van der Waals surface area contributed by atoms with Crippen molar-refractivity contribution in [2.45, 2.75) is 37.6 Å². The minimum Gasteiger partial charge on any atom is -0.334 e. The first-order valence-corrected chi connectivity index (χ1v) is 7.59. The van der Waals surface area contributed by atoms with Gasteiger partial charge in [-0.3, -0.25) is 9.97 Å². The first-order valence-electron chi connectivity index (χ1n) is 7.59. The maximum Gasteiger partial charge on any atom is 0.258 e. The number of nitrogens with zero attached hydrogens (tertiary/aromatic N) is 4. The second-order valence-corrected chi connectivity index (χ2v) is 5.90. The topological polar surface area (TPSA) is 90.7 Å². The third kappa shape index (κ3) is 2.25. The lowest BCUT2D eigenvalue weighted by atomic mass is 9.82. The second kappa shape index (κ2) is 5.14. The highest BCUT2D eigenvalue weighted by Crippen LogP contribution is 2.34. The minimum atomic E-state index is -0.448. The maximum absolute atomic E-state index is 6.45. The highest BCUT2D eigenvalue weighted by molar-refractivity contribution is 5.79. The molecule has 1 fully saturated rings. The van der Waals surface area contributed by atoms with Crippen LogP contribution in [-0.4, -0.2) is 20.1 Å². The number of rotatable bonds is 2. The van der Waals surface area contributed by atoms with Crippen molar-refractivity contribution in [1.29, 1.82) is 0 Å². The number of nitrogens with two attached hydrogens (primary N) is 1. The van der Waals surface area contributed by atoms with E-state index in [2.05, 4.69) is 20.1 Å². The fourth-order valence-electron chi connectivity index (χ4n) is 3.05. The zero-order valence-electron chi connectivity index (χ0n) is 12.2. The lowest BCUT2D eigenvalue weighted by Crippen LogP contribution is -2.39. The Morgan fingerprint density at radius 2 is 1.77 bits per heavy atom. The highest BCUT2D eigenvalue weighted by atomic mass is 16.5. The van der Waals surface area contributed by atoms with Crippen LogP contribution in [0, 0.1) is 0 Å². The Kier molecular flexibility index (Phi) is 3.11. The van der Waals surface area contributed by atoms with Crippen LogP contribution in [0.15, 0.2) is 35.1 Å². The van der Waals surface area contributed by atoms with Gasteiger partial charge in [0.1, 0.15) is 0 Å². The van der Waals surface area contributed by atoms with Gasteiger partial charge in [-0.05, 0) is 31.0 Å². The van der Waals surface area contributed by atoms with Crippen molar-refractivity contribution in [3.8, 4) is 11.5 Å². The van der Waals surface area contributed by atoms with Crippen LogP contribution in [0.25, 0.3) is 22.5 Å². The average molecular weight is 295 g/mol. The molecule has 22 heavy (non-hydrogen) atoms. The van der Waals surface area contributed by atoms with Crippen LogP contribution < -0.4 is 5.73 Å². The normalized spacial score (nSPS) is 17.7. The summed E-state index contributed by atoms with van der Waals surface area (Å²) in [4.78, 5) is 13.1. The summed E-state index contributed by atoms with van der Waals surface area (Å²) in [5.74, 6) is 1.10. The van der Waals surface area contributed by atoms with Crippen LogP contribution in [0.2, 0.25) is 0 Å². The summed E-state index contributed by atoms with van der Waals surface area (Å²) in [7, 11) is 0. The number of hydrogen-bond donors (Lipinski definition) is 1. The Balaban J connectivity index is 1.70. The largest absolute Gasteiger partial charge is 0.334 e. The van der Waals surface area contributed by atoms with Gasteiger partial charge in [0.05, 0.1) is 16.6 Å². The van der Waals surface area contributed by atoms with Crippen LogP contribution >= 0.6 is 0 Å². The molecule has 0 saturated heterocycles. The Morgan fingerprint density at radius 1 is 1.00 bits per heavy atom. The predicted molar refractivity (Wildman–Crippen MR) is 81.8 cm³/mol. The molecule has 1 aliphatic carbocycles. The zero-order chi connectivity index (χ0) is 15.0. The minimum absolute atomic E-state index is 0.448. The Labute approximate surface area is 127 Å². The van der Waals surface area contributed by atoms with Crippen LogP contribution in [0.3, 0.4) is 0 Å². The molecule has 0 amide bonds. The van der Waals surface area contributed by atoms with Crippen molar-refractivity contribution in [2.24, 2.45) is 5.73 Å². The van der Waals surface area contributed by atoms with E-state index in [-0.39, 0.29) is 0 Å². The van der Waals surface area contributed by atoms with E-state index < -0.39 is 5.54 Å². The summed E-state index contributed by atoms with van der Waals surface area (Å²) >= 11 is 0. The summed E-state index contributed by atoms with van der Waals surface area (Å²) in [6, 6.07) is 5.72. The molecule has 2 aromatic heterocycles. The van der Waals surface area contributed by atoms with E-state index in [0.29, 0.717) is 11.7 Å². The van der Waals surface area contributed by atoms with Crippen molar-refractivity contribution in [1.82, 2.24) is 20.1 Å². The molecule has 1 aromatic carbocycles. The number of aromatic nitrogens is 4. The third-order valence-electron chi connectivity index (χ3n) is 4.33. The summed E-state index contributed by atoms with van der Waals surface area (Å²) < 4.78 is 5.43. The smallest absolute Gasteiger partial charge is 0.258 e. The molecule has 0 atom stereocenters. The van der Waals surface area contributed by atoms with Gasteiger partial charge >= 0.3 is 0 Å². The van der Waals surface area contributed by atoms with Crippen molar-refractivity contribution < 1.29 is 4.52 Å². The van der Waals surface area contributed by atoms with Crippen molar-refractivity contribution >= 4 is 11.0 Å². The van der Waals surface area contributed by atoms with E-state index in [1.807, 2.05) is 18.2 Å². The second-order valence-electron chi connectivity index (χ2n) is 5.90. The molecule has 0 aliphatic heterocycles. The Morgan fingerprint density at radius 3 is 2.59 bits per heavy atom. The average Bonchev–Trinajstić information content (AvgIpc) is 3.06. The third-order valence-corrected chi connectivity index (χ3v) is 4.33. The molecule has 6 nitrogen and oxygen atoms in total. The highest BCUT2D eigenvalue weighted by Gasteiger charge is 2.34. The lowest BCUT2D eigenvalue weighted by Gasteiger charge is -2.29. The van der Waals surface area contributed by atoms with Gasteiger partial charge < -0.3 is 10.3 Å². The van der Waals surface area contributed by atoms with Crippen LogP contribution in [0.5, 0.6) is 0 Å². The fourth-order valence-corrected chi connectivity index (χ4v) is 3.05. The van der Waals surface area contributed by atoms with Gasteiger partial charge in [0.2, 0.25) is 0 Å². The molecule has 0 spiro atoms. The van der Waals surface area contributed by atoms with E-state index >= 15 is 0 Å². The molecule has 2 heterocycles. The predicted octanol–water partition coefficient (Wildman–Crippen LogP) is 2.80. The van der Waals surface area contributed by atoms with Gasteiger partial charge in [-0.1, -0.05) is 24.4 Å². The van der Waals surface area contributed by atoms with E-state index in [1.165, 1.54) is 6.42 Å². The van der Waals surface area contributed by atoms with E-state index in [1.54, 1.807) is 12.4 Å². The van der Waals surface area contributed by atoms with E-state index in [4.69, 9.17) is 10.3 Å². The molecule has 1 aliphatic rings. The zero-order valence-corrected chi connectivity index (χ0v) is 12.2. The quantitative estimate of drug-likeness (QED) is 0.781. The first-order chi connectivity index (χ1) is 10.7. The maximum atomic E-state index is 6.45. The van der Waals surface area contributed by atoms with Crippen molar-refractivity contribution in [3.63, 3.8) is 0 Å². The summed E-state index contributed by atoms with van der Waals surface area (Å²) in [6.07, 6.45) is 8.63. The van der Waals surface area contributed by atoms with E-state index in [9.17, 15) is 0 Å². The molecular weight excluding hydrogens is 278 g/mol. The monoisotopic (exact) mass is 295 g/mol. The molecule has 0 bridgehead atoms. The standard InChI is InChI=1S/C16H17N5O/c17-16(6-2-1-3-7-16)15-20-14(22-21-15)11-4-5-12-13(10-11)19-9-8-18-12/h4-5,8-10H,1-3,6-7,17H2.